The van der Waals surface area contributed by atoms with Crippen molar-refractivity contribution in [2.24, 2.45) is 0 Å². The van der Waals surface area contributed by atoms with Gasteiger partial charge in [0.05, 0.1) is 6.10 Å². The van der Waals surface area contributed by atoms with Crippen molar-refractivity contribution in [3.05, 3.63) is 18.1 Å². The number of aliphatic hydroxyl groups excluding tert-OH is 1. The lowest BCUT2D eigenvalue weighted by Crippen LogP contribution is -2.28. The van der Waals surface area contributed by atoms with E-state index in [9.17, 15) is 5.11 Å². The van der Waals surface area contributed by atoms with E-state index in [1.807, 2.05) is 0 Å². The molecule has 0 aliphatic heterocycles. The van der Waals surface area contributed by atoms with Gasteiger partial charge in [-0.3, -0.25) is 0 Å². The fourth-order valence-corrected chi connectivity index (χ4v) is 2.48. The predicted molar refractivity (Wildman–Crippen MR) is 65.9 cm³/mol. The standard InChI is InChI=1S/C13H19N3O/c17-11-5-3-10(4-6-11)16-13-7-12(9-1-2-9)14-8-15-13/h7-11,17H,1-6H2,(H,14,15,16). The quantitative estimate of drug-likeness (QED) is 0.839. The van der Waals surface area contributed by atoms with Crippen LogP contribution in [0.4, 0.5) is 5.82 Å². The second-order valence-corrected chi connectivity index (χ2v) is 5.25. The van der Waals surface area contributed by atoms with Gasteiger partial charge in [0.2, 0.25) is 0 Å². The fourth-order valence-electron chi connectivity index (χ4n) is 2.48. The number of nitrogens with zero attached hydrogens (tertiary/aromatic N) is 2. The molecule has 1 aromatic rings. The molecule has 3 rings (SSSR count). The van der Waals surface area contributed by atoms with Crippen LogP contribution in [-0.4, -0.2) is 27.2 Å². The summed E-state index contributed by atoms with van der Waals surface area (Å²) in [6, 6.07) is 2.54. The van der Waals surface area contributed by atoms with Crippen molar-refractivity contribution in [1.29, 1.82) is 0 Å². The Hall–Kier alpha value is -1.16. The largest absolute Gasteiger partial charge is 0.393 e. The van der Waals surface area contributed by atoms with Crippen LogP contribution in [0.25, 0.3) is 0 Å². The van der Waals surface area contributed by atoms with E-state index in [-0.39, 0.29) is 6.10 Å². The van der Waals surface area contributed by atoms with Crippen LogP contribution >= 0.6 is 0 Å². The van der Waals surface area contributed by atoms with E-state index >= 15 is 0 Å². The van der Waals surface area contributed by atoms with Gasteiger partial charge in [0.25, 0.3) is 0 Å². The Labute approximate surface area is 101 Å². The Morgan fingerprint density at radius 2 is 1.82 bits per heavy atom. The van der Waals surface area contributed by atoms with Crippen LogP contribution < -0.4 is 5.32 Å². The number of rotatable bonds is 3. The maximum atomic E-state index is 9.46. The Morgan fingerprint density at radius 1 is 1.06 bits per heavy atom. The first-order valence-electron chi connectivity index (χ1n) is 6.58. The summed E-state index contributed by atoms with van der Waals surface area (Å²) in [5.41, 5.74) is 1.18. The van der Waals surface area contributed by atoms with Crippen LogP contribution in [0.2, 0.25) is 0 Å². The Morgan fingerprint density at radius 3 is 2.53 bits per heavy atom. The van der Waals surface area contributed by atoms with Gasteiger partial charge in [0.1, 0.15) is 12.1 Å². The second-order valence-electron chi connectivity index (χ2n) is 5.25. The molecule has 17 heavy (non-hydrogen) atoms. The summed E-state index contributed by atoms with van der Waals surface area (Å²) in [6.07, 6.45) is 7.97. The highest BCUT2D eigenvalue weighted by atomic mass is 16.3. The fraction of sp³-hybridized carbons (Fsp3) is 0.692. The first-order valence-corrected chi connectivity index (χ1v) is 6.58. The molecule has 4 nitrogen and oxygen atoms in total. The van der Waals surface area contributed by atoms with E-state index in [2.05, 4.69) is 21.4 Å². The molecule has 0 atom stereocenters. The van der Waals surface area contributed by atoms with Crippen LogP contribution in [0.15, 0.2) is 12.4 Å². The first kappa shape index (κ1) is 11.0. The average molecular weight is 233 g/mol. The smallest absolute Gasteiger partial charge is 0.129 e. The Bertz CT molecular complexity index is 384. The van der Waals surface area contributed by atoms with Crippen LogP contribution in [0.5, 0.6) is 0 Å². The molecular weight excluding hydrogens is 214 g/mol. The van der Waals surface area contributed by atoms with E-state index in [0.717, 1.165) is 31.5 Å². The monoisotopic (exact) mass is 233 g/mol. The van der Waals surface area contributed by atoms with Crippen LogP contribution in [0, 0.1) is 0 Å². The van der Waals surface area contributed by atoms with E-state index in [1.54, 1.807) is 6.33 Å². The van der Waals surface area contributed by atoms with Crippen molar-refractivity contribution in [3.63, 3.8) is 0 Å². The molecule has 0 saturated heterocycles. The number of aliphatic hydroxyl groups is 1. The third-order valence-corrected chi connectivity index (χ3v) is 3.73. The van der Waals surface area contributed by atoms with Gasteiger partial charge in [-0.05, 0) is 38.5 Å². The number of aromatic nitrogens is 2. The van der Waals surface area contributed by atoms with Crippen LogP contribution in [-0.2, 0) is 0 Å². The molecule has 0 amide bonds. The van der Waals surface area contributed by atoms with Crippen LogP contribution in [0.3, 0.4) is 0 Å². The molecule has 92 valence electrons. The lowest BCUT2D eigenvalue weighted by Gasteiger charge is -2.26. The third kappa shape index (κ3) is 2.75. The molecule has 0 radical (unpaired) electrons. The Balaban J connectivity index is 1.62. The summed E-state index contributed by atoms with van der Waals surface area (Å²) in [6.45, 7) is 0. The summed E-state index contributed by atoms with van der Waals surface area (Å²) in [5, 5.41) is 12.9. The first-order chi connectivity index (χ1) is 8.31. The van der Waals surface area contributed by atoms with Crippen molar-refractivity contribution in [3.8, 4) is 0 Å². The van der Waals surface area contributed by atoms with Crippen molar-refractivity contribution in [2.75, 3.05) is 5.32 Å². The molecular formula is C13H19N3O. The van der Waals surface area contributed by atoms with Gasteiger partial charge < -0.3 is 10.4 Å². The van der Waals surface area contributed by atoms with Gasteiger partial charge in [0, 0.05) is 23.7 Å². The number of hydrogen-bond donors (Lipinski definition) is 2. The summed E-state index contributed by atoms with van der Waals surface area (Å²) in [5.74, 6) is 1.62. The Kier molecular flexibility index (Phi) is 2.97. The van der Waals surface area contributed by atoms with Gasteiger partial charge in [-0.2, -0.15) is 0 Å². The highest BCUT2D eigenvalue weighted by Crippen LogP contribution is 2.39. The minimum atomic E-state index is -0.0968. The molecule has 2 N–H and O–H groups in total. The molecule has 0 bridgehead atoms. The van der Waals surface area contributed by atoms with E-state index in [0.29, 0.717) is 12.0 Å². The maximum Gasteiger partial charge on any atom is 0.129 e. The summed E-state index contributed by atoms with van der Waals surface area (Å²) in [7, 11) is 0. The summed E-state index contributed by atoms with van der Waals surface area (Å²) >= 11 is 0. The lowest BCUT2D eigenvalue weighted by atomic mass is 9.93. The van der Waals surface area contributed by atoms with Crippen molar-refractivity contribution >= 4 is 5.82 Å². The minimum absolute atomic E-state index is 0.0968. The highest BCUT2D eigenvalue weighted by Gasteiger charge is 2.25. The maximum absolute atomic E-state index is 9.46. The molecule has 2 fully saturated rings. The molecule has 4 heteroatoms. The lowest BCUT2D eigenvalue weighted by molar-refractivity contribution is 0.126. The molecule has 0 unspecified atom stereocenters. The van der Waals surface area contributed by atoms with Gasteiger partial charge in [-0.25, -0.2) is 9.97 Å². The molecule has 0 aromatic carbocycles. The number of anilines is 1. The SMILES string of the molecule is OC1CCC(Nc2cc(C3CC3)ncn2)CC1. The van der Waals surface area contributed by atoms with Crippen molar-refractivity contribution < 1.29 is 5.11 Å². The summed E-state index contributed by atoms with van der Waals surface area (Å²) < 4.78 is 0. The summed E-state index contributed by atoms with van der Waals surface area (Å²) in [4.78, 5) is 8.59. The predicted octanol–water partition coefficient (Wildman–Crippen LogP) is 2.07. The van der Waals surface area contributed by atoms with E-state index in [4.69, 9.17) is 0 Å². The minimum Gasteiger partial charge on any atom is -0.393 e. The molecule has 0 spiro atoms. The second kappa shape index (κ2) is 4.61. The van der Waals surface area contributed by atoms with E-state index in [1.165, 1.54) is 18.5 Å². The zero-order valence-corrected chi connectivity index (χ0v) is 9.97. The molecule has 2 aliphatic rings. The van der Waals surface area contributed by atoms with E-state index < -0.39 is 0 Å². The van der Waals surface area contributed by atoms with Crippen molar-refractivity contribution in [1.82, 2.24) is 9.97 Å². The normalized spacial score (nSPS) is 29.0. The van der Waals surface area contributed by atoms with Crippen LogP contribution in [0.1, 0.15) is 50.1 Å². The van der Waals surface area contributed by atoms with Gasteiger partial charge in [0.15, 0.2) is 0 Å². The zero-order valence-electron chi connectivity index (χ0n) is 9.97. The highest BCUT2D eigenvalue weighted by molar-refractivity contribution is 5.37. The molecule has 2 saturated carbocycles. The number of nitrogens with one attached hydrogen (secondary N) is 1. The molecule has 1 aromatic heterocycles. The van der Waals surface area contributed by atoms with Gasteiger partial charge >= 0.3 is 0 Å². The van der Waals surface area contributed by atoms with Gasteiger partial charge in [-0.15, -0.1) is 0 Å². The number of hydrogen-bond acceptors (Lipinski definition) is 4. The van der Waals surface area contributed by atoms with Gasteiger partial charge in [-0.1, -0.05) is 0 Å². The molecule has 2 aliphatic carbocycles. The molecule has 1 heterocycles. The van der Waals surface area contributed by atoms with Crippen molar-refractivity contribution in [2.45, 2.75) is 56.6 Å². The topological polar surface area (TPSA) is 58.0 Å². The average Bonchev–Trinajstić information content (AvgIpc) is 3.17. The zero-order chi connectivity index (χ0) is 11.7. The third-order valence-electron chi connectivity index (χ3n) is 3.73.